The van der Waals surface area contributed by atoms with Gasteiger partial charge in [0.25, 0.3) is 5.91 Å². The van der Waals surface area contributed by atoms with E-state index in [4.69, 9.17) is 5.11 Å². The van der Waals surface area contributed by atoms with E-state index in [-0.39, 0.29) is 10.7 Å². The van der Waals surface area contributed by atoms with Gasteiger partial charge < -0.3 is 10.4 Å². The molecule has 5 nitrogen and oxygen atoms in total. The highest BCUT2D eigenvalue weighted by atomic mass is 79.9. The van der Waals surface area contributed by atoms with E-state index in [0.29, 0.717) is 5.69 Å². The predicted octanol–water partition coefficient (Wildman–Crippen LogP) is 2.86. The molecule has 2 N–H and O–H groups in total. The molecule has 18 heavy (non-hydrogen) atoms. The van der Waals surface area contributed by atoms with Crippen LogP contribution in [0, 0.1) is 0 Å². The summed E-state index contributed by atoms with van der Waals surface area (Å²) in [7, 11) is 0. The lowest BCUT2D eigenvalue weighted by atomic mass is 10.3. The SMILES string of the molecule is O=C(O)c1csc(C(=O)Nc2ccccc2Br)n1. The molecular formula is C11H7BrN2O3S. The maximum absolute atomic E-state index is 11.8. The summed E-state index contributed by atoms with van der Waals surface area (Å²) in [6.07, 6.45) is 0. The summed E-state index contributed by atoms with van der Waals surface area (Å²) in [6, 6.07) is 7.13. The number of aromatic carboxylic acids is 1. The first-order valence-corrected chi connectivity index (χ1v) is 6.50. The zero-order valence-corrected chi connectivity index (χ0v) is 11.3. The highest BCUT2D eigenvalue weighted by Gasteiger charge is 2.15. The topological polar surface area (TPSA) is 79.3 Å². The number of halogens is 1. The van der Waals surface area contributed by atoms with E-state index in [0.717, 1.165) is 15.8 Å². The number of aromatic nitrogens is 1. The lowest BCUT2D eigenvalue weighted by Crippen LogP contribution is -2.12. The van der Waals surface area contributed by atoms with Crippen LogP contribution in [-0.4, -0.2) is 22.0 Å². The van der Waals surface area contributed by atoms with Gasteiger partial charge in [0.1, 0.15) is 0 Å². The Labute approximate surface area is 115 Å². The molecular weight excluding hydrogens is 320 g/mol. The Hall–Kier alpha value is -1.73. The van der Waals surface area contributed by atoms with Gasteiger partial charge in [0, 0.05) is 9.85 Å². The van der Waals surface area contributed by atoms with E-state index in [9.17, 15) is 9.59 Å². The van der Waals surface area contributed by atoms with Gasteiger partial charge in [-0.25, -0.2) is 9.78 Å². The molecule has 0 radical (unpaired) electrons. The molecule has 1 aromatic heterocycles. The van der Waals surface area contributed by atoms with Crippen LogP contribution in [0.5, 0.6) is 0 Å². The van der Waals surface area contributed by atoms with Crippen LogP contribution in [-0.2, 0) is 0 Å². The van der Waals surface area contributed by atoms with Crippen LogP contribution in [0.2, 0.25) is 0 Å². The minimum absolute atomic E-state index is 0.114. The van der Waals surface area contributed by atoms with Crippen molar-refractivity contribution in [2.24, 2.45) is 0 Å². The summed E-state index contributed by atoms with van der Waals surface area (Å²) in [5.74, 6) is -1.58. The number of rotatable bonds is 3. The van der Waals surface area contributed by atoms with E-state index in [1.165, 1.54) is 5.38 Å². The van der Waals surface area contributed by atoms with Gasteiger partial charge in [0.05, 0.1) is 5.69 Å². The fourth-order valence-electron chi connectivity index (χ4n) is 1.21. The van der Waals surface area contributed by atoms with Crippen molar-refractivity contribution in [3.8, 4) is 0 Å². The lowest BCUT2D eigenvalue weighted by molar-refractivity contribution is 0.0691. The second-order valence-corrected chi connectivity index (χ2v) is 4.99. The third-order valence-electron chi connectivity index (χ3n) is 2.04. The Bertz CT molecular complexity index is 612. The molecule has 0 atom stereocenters. The number of para-hydroxylation sites is 1. The van der Waals surface area contributed by atoms with Crippen molar-refractivity contribution in [1.82, 2.24) is 4.98 Å². The third kappa shape index (κ3) is 2.74. The molecule has 0 aliphatic heterocycles. The molecule has 0 saturated heterocycles. The number of carbonyl (C=O) groups is 2. The average Bonchev–Trinajstić information content (AvgIpc) is 2.81. The maximum Gasteiger partial charge on any atom is 0.355 e. The summed E-state index contributed by atoms with van der Waals surface area (Å²) in [6.45, 7) is 0. The Morgan fingerprint density at radius 3 is 2.67 bits per heavy atom. The number of thiazole rings is 1. The van der Waals surface area contributed by atoms with E-state index < -0.39 is 11.9 Å². The van der Waals surface area contributed by atoms with Gasteiger partial charge in [0.15, 0.2) is 10.7 Å². The Morgan fingerprint density at radius 1 is 1.33 bits per heavy atom. The van der Waals surface area contributed by atoms with E-state index in [2.05, 4.69) is 26.2 Å². The predicted molar refractivity (Wildman–Crippen MR) is 71.2 cm³/mol. The quantitative estimate of drug-likeness (QED) is 0.908. The molecule has 0 spiro atoms. The zero-order chi connectivity index (χ0) is 13.1. The molecule has 0 fully saturated rings. The molecule has 0 unspecified atom stereocenters. The standard InChI is InChI=1S/C11H7BrN2O3S/c12-6-3-1-2-4-7(6)13-9(15)10-14-8(5-18-10)11(16)17/h1-5H,(H,13,15)(H,16,17). The van der Waals surface area contributed by atoms with Crippen molar-refractivity contribution in [3.63, 3.8) is 0 Å². The molecule has 2 aromatic rings. The molecule has 7 heteroatoms. The molecule has 1 amide bonds. The normalized spacial score (nSPS) is 10.1. The summed E-state index contributed by atoms with van der Waals surface area (Å²) in [5.41, 5.74) is 0.479. The van der Waals surface area contributed by atoms with Gasteiger partial charge >= 0.3 is 5.97 Å². The number of nitrogens with one attached hydrogen (secondary N) is 1. The van der Waals surface area contributed by atoms with Crippen LogP contribution in [0.3, 0.4) is 0 Å². The molecule has 92 valence electrons. The molecule has 0 aliphatic rings. The van der Waals surface area contributed by atoms with Crippen LogP contribution in [0.15, 0.2) is 34.1 Å². The van der Waals surface area contributed by atoms with Crippen LogP contribution in [0.1, 0.15) is 20.3 Å². The van der Waals surface area contributed by atoms with Crippen molar-refractivity contribution in [1.29, 1.82) is 0 Å². The first-order valence-electron chi connectivity index (χ1n) is 4.82. The van der Waals surface area contributed by atoms with Crippen molar-refractivity contribution in [3.05, 3.63) is 44.8 Å². The zero-order valence-electron chi connectivity index (χ0n) is 8.88. The summed E-state index contributed by atoms with van der Waals surface area (Å²) >= 11 is 4.29. The van der Waals surface area contributed by atoms with E-state index in [1.807, 2.05) is 6.07 Å². The van der Waals surface area contributed by atoms with Crippen LogP contribution < -0.4 is 5.32 Å². The van der Waals surface area contributed by atoms with Gasteiger partial charge in [-0.3, -0.25) is 4.79 Å². The molecule has 0 bridgehead atoms. The van der Waals surface area contributed by atoms with Gasteiger partial charge in [-0.1, -0.05) is 12.1 Å². The minimum atomic E-state index is -1.15. The first-order chi connectivity index (χ1) is 8.58. The van der Waals surface area contributed by atoms with Crippen molar-refractivity contribution in [2.45, 2.75) is 0 Å². The number of benzene rings is 1. The highest BCUT2D eigenvalue weighted by molar-refractivity contribution is 9.10. The second kappa shape index (κ2) is 5.28. The average molecular weight is 327 g/mol. The number of carbonyl (C=O) groups excluding carboxylic acids is 1. The number of hydrogen-bond donors (Lipinski definition) is 2. The summed E-state index contributed by atoms with van der Waals surface area (Å²) < 4.78 is 0.744. The van der Waals surface area contributed by atoms with E-state index in [1.54, 1.807) is 18.2 Å². The molecule has 2 rings (SSSR count). The van der Waals surface area contributed by atoms with Gasteiger partial charge in [0.2, 0.25) is 0 Å². The third-order valence-corrected chi connectivity index (χ3v) is 3.57. The second-order valence-electron chi connectivity index (χ2n) is 3.28. The van der Waals surface area contributed by atoms with Crippen molar-refractivity contribution in [2.75, 3.05) is 5.32 Å². The number of nitrogens with zero attached hydrogens (tertiary/aromatic N) is 1. The molecule has 0 saturated carbocycles. The van der Waals surface area contributed by atoms with Crippen LogP contribution in [0.25, 0.3) is 0 Å². The minimum Gasteiger partial charge on any atom is -0.476 e. The molecule has 1 heterocycles. The molecule has 0 aliphatic carbocycles. The number of carboxylic acid groups (broad SMARTS) is 1. The summed E-state index contributed by atoms with van der Waals surface area (Å²) in [5, 5.41) is 12.8. The monoisotopic (exact) mass is 326 g/mol. The van der Waals surface area contributed by atoms with Gasteiger partial charge in [-0.2, -0.15) is 0 Å². The number of hydrogen-bond acceptors (Lipinski definition) is 4. The van der Waals surface area contributed by atoms with E-state index >= 15 is 0 Å². The van der Waals surface area contributed by atoms with Crippen molar-refractivity contribution < 1.29 is 14.7 Å². The Balaban J connectivity index is 2.17. The fraction of sp³-hybridized carbons (Fsp3) is 0. The summed E-state index contributed by atoms with van der Waals surface area (Å²) in [4.78, 5) is 26.2. The molecule has 1 aromatic carbocycles. The largest absolute Gasteiger partial charge is 0.476 e. The first kappa shape index (κ1) is 12.7. The number of carboxylic acids is 1. The van der Waals surface area contributed by atoms with Crippen molar-refractivity contribution >= 4 is 44.8 Å². The maximum atomic E-state index is 11.8. The lowest BCUT2D eigenvalue weighted by Gasteiger charge is -2.04. The smallest absolute Gasteiger partial charge is 0.355 e. The number of anilines is 1. The van der Waals surface area contributed by atoms with Crippen LogP contribution >= 0.6 is 27.3 Å². The van der Waals surface area contributed by atoms with Gasteiger partial charge in [-0.15, -0.1) is 11.3 Å². The number of amides is 1. The van der Waals surface area contributed by atoms with Crippen LogP contribution in [0.4, 0.5) is 5.69 Å². The Morgan fingerprint density at radius 2 is 2.06 bits per heavy atom. The fourth-order valence-corrected chi connectivity index (χ4v) is 2.28. The van der Waals surface area contributed by atoms with Gasteiger partial charge in [-0.05, 0) is 28.1 Å². The highest BCUT2D eigenvalue weighted by Crippen LogP contribution is 2.22. The Kier molecular flexibility index (Phi) is 3.73.